The number of aliphatic imine (C=N–C) groups is 1. The standard InChI is InChI=1S/C21H32N8O/c1-23-21(27(2)14-19-25-15-26-28(19)3)24-11-16-6-4-7-17(10-16)12-29-9-5-8-18(13-29)20(22)30/h4,6-7,10,15,18H,5,8-9,11-14H2,1-3H3,(H2,22,30)(H,23,24). The minimum Gasteiger partial charge on any atom is -0.369 e. The number of aromatic nitrogens is 3. The number of aryl methyl sites for hydroxylation is 1. The van der Waals surface area contributed by atoms with Crippen molar-refractivity contribution in [1.29, 1.82) is 0 Å². The molecule has 0 aliphatic carbocycles. The van der Waals surface area contributed by atoms with Gasteiger partial charge in [0.1, 0.15) is 12.2 Å². The Labute approximate surface area is 178 Å². The molecule has 0 spiro atoms. The Balaban J connectivity index is 1.55. The van der Waals surface area contributed by atoms with Crippen molar-refractivity contribution in [1.82, 2.24) is 29.9 Å². The van der Waals surface area contributed by atoms with Crippen molar-refractivity contribution in [3.05, 3.63) is 47.5 Å². The van der Waals surface area contributed by atoms with Crippen molar-refractivity contribution < 1.29 is 4.79 Å². The molecule has 1 aliphatic heterocycles. The highest BCUT2D eigenvalue weighted by molar-refractivity contribution is 5.79. The maximum Gasteiger partial charge on any atom is 0.221 e. The number of carbonyl (C=O) groups is 1. The molecule has 3 rings (SSSR count). The molecule has 3 N–H and O–H groups in total. The smallest absolute Gasteiger partial charge is 0.221 e. The number of carbonyl (C=O) groups excluding carboxylic acids is 1. The number of likely N-dealkylation sites (tertiary alicyclic amines) is 1. The van der Waals surface area contributed by atoms with E-state index in [4.69, 9.17) is 5.73 Å². The van der Waals surface area contributed by atoms with Gasteiger partial charge in [0.2, 0.25) is 5.91 Å². The number of rotatable bonds is 7. The van der Waals surface area contributed by atoms with E-state index in [1.807, 2.05) is 19.0 Å². The topological polar surface area (TPSA) is 105 Å². The molecule has 1 unspecified atom stereocenters. The molecule has 0 bridgehead atoms. The van der Waals surface area contributed by atoms with Gasteiger partial charge in [0.25, 0.3) is 0 Å². The summed E-state index contributed by atoms with van der Waals surface area (Å²) in [6, 6.07) is 8.52. The lowest BCUT2D eigenvalue weighted by molar-refractivity contribution is -0.123. The molecular formula is C21H32N8O. The zero-order chi connectivity index (χ0) is 21.5. The van der Waals surface area contributed by atoms with E-state index in [0.717, 1.165) is 44.3 Å². The summed E-state index contributed by atoms with van der Waals surface area (Å²) in [5.41, 5.74) is 7.93. The van der Waals surface area contributed by atoms with E-state index >= 15 is 0 Å². The van der Waals surface area contributed by atoms with Gasteiger partial charge >= 0.3 is 0 Å². The second kappa shape index (κ2) is 10.2. The molecular weight excluding hydrogens is 380 g/mol. The molecule has 30 heavy (non-hydrogen) atoms. The first kappa shape index (κ1) is 21.8. The van der Waals surface area contributed by atoms with Crippen molar-refractivity contribution in [3.63, 3.8) is 0 Å². The van der Waals surface area contributed by atoms with E-state index in [9.17, 15) is 4.79 Å². The van der Waals surface area contributed by atoms with E-state index in [0.29, 0.717) is 13.1 Å². The van der Waals surface area contributed by atoms with E-state index in [1.165, 1.54) is 11.1 Å². The lowest BCUT2D eigenvalue weighted by atomic mass is 9.97. The SMILES string of the molecule is CN=C(NCc1cccc(CN2CCCC(C(N)=O)C2)c1)N(C)Cc1ncnn1C. The van der Waals surface area contributed by atoms with Gasteiger partial charge in [-0.2, -0.15) is 5.10 Å². The number of nitrogens with one attached hydrogen (secondary N) is 1. The van der Waals surface area contributed by atoms with Crippen LogP contribution in [0.15, 0.2) is 35.6 Å². The molecule has 2 heterocycles. The average Bonchev–Trinajstić information content (AvgIpc) is 3.13. The highest BCUT2D eigenvalue weighted by Crippen LogP contribution is 2.18. The van der Waals surface area contributed by atoms with Crippen LogP contribution in [0.1, 0.15) is 29.8 Å². The second-order valence-electron chi connectivity index (χ2n) is 7.85. The van der Waals surface area contributed by atoms with Crippen LogP contribution in [0, 0.1) is 5.92 Å². The Kier molecular flexibility index (Phi) is 7.40. The third kappa shape index (κ3) is 5.79. The fraction of sp³-hybridized carbons (Fsp3) is 0.524. The summed E-state index contributed by atoms with van der Waals surface area (Å²) < 4.78 is 1.76. The molecule has 1 fully saturated rings. The first-order valence-corrected chi connectivity index (χ1v) is 10.3. The monoisotopic (exact) mass is 412 g/mol. The molecule has 162 valence electrons. The summed E-state index contributed by atoms with van der Waals surface area (Å²) >= 11 is 0. The minimum absolute atomic E-state index is 0.0311. The number of piperidine rings is 1. The Hall–Kier alpha value is -2.94. The van der Waals surface area contributed by atoms with E-state index in [2.05, 4.69) is 49.6 Å². The summed E-state index contributed by atoms with van der Waals surface area (Å²) in [6.45, 7) is 3.88. The Morgan fingerprint density at radius 1 is 1.40 bits per heavy atom. The van der Waals surface area contributed by atoms with E-state index in [1.54, 1.807) is 18.1 Å². The van der Waals surface area contributed by atoms with E-state index < -0.39 is 0 Å². The van der Waals surface area contributed by atoms with Crippen LogP contribution in [0.25, 0.3) is 0 Å². The van der Waals surface area contributed by atoms with E-state index in [-0.39, 0.29) is 11.8 Å². The molecule has 1 aliphatic rings. The first-order valence-electron chi connectivity index (χ1n) is 10.3. The van der Waals surface area contributed by atoms with Crippen LogP contribution >= 0.6 is 0 Å². The van der Waals surface area contributed by atoms with Crippen molar-refractivity contribution >= 4 is 11.9 Å². The van der Waals surface area contributed by atoms with Gasteiger partial charge in [-0.1, -0.05) is 24.3 Å². The largest absolute Gasteiger partial charge is 0.369 e. The van der Waals surface area contributed by atoms with Gasteiger partial charge in [-0.25, -0.2) is 4.98 Å². The predicted molar refractivity (Wildman–Crippen MR) is 116 cm³/mol. The summed E-state index contributed by atoms with van der Waals surface area (Å²) in [5, 5.41) is 7.52. The Morgan fingerprint density at radius 3 is 2.90 bits per heavy atom. The molecule has 1 saturated heterocycles. The van der Waals surface area contributed by atoms with Crippen LogP contribution in [0.5, 0.6) is 0 Å². The number of benzene rings is 1. The molecule has 1 atom stereocenters. The molecule has 0 saturated carbocycles. The van der Waals surface area contributed by atoms with Gasteiger partial charge in [0, 0.05) is 40.8 Å². The lowest BCUT2D eigenvalue weighted by Gasteiger charge is -2.31. The van der Waals surface area contributed by atoms with Crippen LogP contribution < -0.4 is 11.1 Å². The zero-order valence-corrected chi connectivity index (χ0v) is 18.1. The van der Waals surface area contributed by atoms with Crippen LogP contribution in [-0.2, 0) is 31.5 Å². The summed E-state index contributed by atoms with van der Waals surface area (Å²) in [6.07, 6.45) is 3.47. The first-order chi connectivity index (χ1) is 14.5. The van der Waals surface area contributed by atoms with Crippen LogP contribution in [0.3, 0.4) is 0 Å². The summed E-state index contributed by atoms with van der Waals surface area (Å²) in [7, 11) is 5.63. The van der Waals surface area contributed by atoms with Crippen LogP contribution in [0.4, 0.5) is 0 Å². The van der Waals surface area contributed by atoms with Crippen molar-refractivity contribution in [2.24, 2.45) is 23.7 Å². The fourth-order valence-corrected chi connectivity index (χ4v) is 3.84. The Bertz CT molecular complexity index is 877. The maximum absolute atomic E-state index is 11.5. The van der Waals surface area contributed by atoms with Gasteiger partial charge in [-0.05, 0) is 30.5 Å². The Morgan fingerprint density at radius 2 is 2.20 bits per heavy atom. The third-order valence-electron chi connectivity index (χ3n) is 5.51. The number of hydrogen-bond acceptors (Lipinski definition) is 5. The summed E-state index contributed by atoms with van der Waals surface area (Å²) in [4.78, 5) is 24.5. The molecule has 9 heteroatoms. The van der Waals surface area contributed by atoms with Crippen molar-refractivity contribution in [3.8, 4) is 0 Å². The van der Waals surface area contributed by atoms with Crippen LogP contribution in [0.2, 0.25) is 0 Å². The quantitative estimate of drug-likeness (QED) is 0.513. The fourth-order valence-electron chi connectivity index (χ4n) is 3.84. The van der Waals surface area contributed by atoms with Crippen molar-refractivity contribution in [2.45, 2.75) is 32.5 Å². The lowest BCUT2D eigenvalue weighted by Crippen LogP contribution is -2.40. The van der Waals surface area contributed by atoms with Gasteiger partial charge in [-0.3, -0.25) is 19.4 Å². The van der Waals surface area contributed by atoms with Gasteiger partial charge in [-0.15, -0.1) is 0 Å². The molecule has 1 aromatic carbocycles. The summed E-state index contributed by atoms with van der Waals surface area (Å²) in [5.74, 6) is 1.45. The van der Waals surface area contributed by atoms with Gasteiger partial charge in [0.05, 0.1) is 12.5 Å². The maximum atomic E-state index is 11.5. The van der Waals surface area contributed by atoms with Gasteiger partial charge in [0.15, 0.2) is 5.96 Å². The highest BCUT2D eigenvalue weighted by atomic mass is 16.1. The predicted octanol–water partition coefficient (Wildman–Crippen LogP) is 0.720. The van der Waals surface area contributed by atoms with Gasteiger partial charge < -0.3 is 16.0 Å². The van der Waals surface area contributed by atoms with Crippen molar-refractivity contribution in [2.75, 3.05) is 27.2 Å². The molecule has 1 aromatic heterocycles. The normalized spacial score (nSPS) is 17.7. The van der Waals surface area contributed by atoms with Crippen LogP contribution in [-0.4, -0.2) is 63.6 Å². The number of nitrogens with two attached hydrogens (primary N) is 1. The number of amides is 1. The molecule has 9 nitrogen and oxygen atoms in total. The third-order valence-corrected chi connectivity index (χ3v) is 5.51. The number of hydrogen-bond donors (Lipinski definition) is 2. The average molecular weight is 413 g/mol. The molecule has 2 aromatic rings. The molecule has 0 radical (unpaired) electrons. The minimum atomic E-state index is -0.186. The number of nitrogens with zero attached hydrogens (tertiary/aromatic N) is 6. The highest BCUT2D eigenvalue weighted by Gasteiger charge is 2.23. The molecule has 1 amide bonds. The number of primary amides is 1. The zero-order valence-electron chi connectivity index (χ0n) is 18.1. The second-order valence-corrected chi connectivity index (χ2v) is 7.85. The number of guanidine groups is 1.